The van der Waals surface area contributed by atoms with Crippen LogP contribution in [0.3, 0.4) is 0 Å². The van der Waals surface area contributed by atoms with E-state index in [-0.39, 0.29) is 22.5 Å². The standard InChI is InChI=1S/C13H19N3O4S/c1-13(7-2-3-8-13)9-15-21(19,20)11-6-4-5-10(14)12(11)16(17)18/h4-6,15H,2-3,7-9,14H2,1H3. The molecule has 8 heteroatoms. The number of sulfonamides is 1. The van der Waals surface area contributed by atoms with Gasteiger partial charge < -0.3 is 5.73 Å². The molecule has 1 saturated carbocycles. The van der Waals surface area contributed by atoms with Gasteiger partial charge in [0.15, 0.2) is 4.90 Å². The average molecular weight is 313 g/mol. The molecule has 0 spiro atoms. The third-order valence-electron chi connectivity index (χ3n) is 4.00. The van der Waals surface area contributed by atoms with Gasteiger partial charge in [0.05, 0.1) is 4.92 Å². The largest absolute Gasteiger partial charge is 0.393 e. The van der Waals surface area contributed by atoms with Crippen molar-refractivity contribution in [1.29, 1.82) is 0 Å². The zero-order valence-electron chi connectivity index (χ0n) is 11.8. The molecule has 0 bridgehead atoms. The Bertz CT molecular complexity index is 651. The normalized spacial score (nSPS) is 17.8. The van der Waals surface area contributed by atoms with E-state index in [0.29, 0.717) is 0 Å². The number of nitrogens with two attached hydrogens (primary N) is 1. The van der Waals surface area contributed by atoms with Crippen molar-refractivity contribution >= 4 is 21.4 Å². The zero-order valence-corrected chi connectivity index (χ0v) is 12.6. The summed E-state index contributed by atoms with van der Waals surface area (Å²) in [7, 11) is -3.96. The summed E-state index contributed by atoms with van der Waals surface area (Å²) in [5, 5.41) is 11.0. The minimum atomic E-state index is -3.96. The van der Waals surface area contributed by atoms with Crippen LogP contribution in [0.5, 0.6) is 0 Å². The fraction of sp³-hybridized carbons (Fsp3) is 0.538. The number of para-hydroxylation sites is 1. The predicted octanol–water partition coefficient (Wildman–Crippen LogP) is 2.04. The van der Waals surface area contributed by atoms with E-state index in [1.165, 1.54) is 18.2 Å². The van der Waals surface area contributed by atoms with E-state index in [2.05, 4.69) is 4.72 Å². The lowest BCUT2D eigenvalue weighted by Crippen LogP contribution is -2.34. The number of hydrogen-bond donors (Lipinski definition) is 2. The third kappa shape index (κ3) is 3.33. The molecule has 21 heavy (non-hydrogen) atoms. The van der Waals surface area contributed by atoms with Crippen LogP contribution in [0.25, 0.3) is 0 Å². The smallest absolute Gasteiger partial charge is 0.312 e. The highest BCUT2D eigenvalue weighted by molar-refractivity contribution is 7.89. The lowest BCUT2D eigenvalue weighted by molar-refractivity contribution is -0.386. The Labute approximate surface area is 123 Å². The highest BCUT2D eigenvalue weighted by Crippen LogP contribution is 2.37. The first-order valence-electron chi connectivity index (χ1n) is 6.78. The van der Waals surface area contributed by atoms with Crippen LogP contribution in [0.1, 0.15) is 32.6 Å². The second-order valence-corrected chi connectivity index (χ2v) is 7.53. The molecule has 0 radical (unpaired) electrons. The van der Waals surface area contributed by atoms with Crippen molar-refractivity contribution < 1.29 is 13.3 Å². The average Bonchev–Trinajstić information content (AvgIpc) is 2.83. The molecule has 1 aliphatic carbocycles. The van der Waals surface area contributed by atoms with Gasteiger partial charge in [0.25, 0.3) is 0 Å². The summed E-state index contributed by atoms with van der Waals surface area (Å²) in [5.74, 6) is 0. The summed E-state index contributed by atoms with van der Waals surface area (Å²) in [4.78, 5) is 9.90. The first-order chi connectivity index (χ1) is 9.75. The lowest BCUT2D eigenvalue weighted by atomic mass is 9.89. The topological polar surface area (TPSA) is 115 Å². The molecule has 0 unspecified atom stereocenters. The number of nitro benzene ring substituents is 1. The second kappa shape index (κ2) is 5.61. The minimum absolute atomic E-state index is 0.0812. The Balaban J connectivity index is 2.28. The summed E-state index contributed by atoms with van der Waals surface area (Å²) in [6.07, 6.45) is 4.07. The van der Waals surface area contributed by atoms with Gasteiger partial charge in [-0.2, -0.15) is 0 Å². The number of nitrogens with zero attached hydrogens (tertiary/aromatic N) is 1. The summed E-state index contributed by atoms with van der Waals surface area (Å²) in [6, 6.07) is 3.91. The highest BCUT2D eigenvalue weighted by Gasteiger charge is 2.33. The second-order valence-electron chi connectivity index (χ2n) is 5.79. The van der Waals surface area contributed by atoms with E-state index in [9.17, 15) is 18.5 Å². The van der Waals surface area contributed by atoms with Gasteiger partial charge in [-0.15, -0.1) is 0 Å². The van der Waals surface area contributed by atoms with Crippen molar-refractivity contribution in [2.75, 3.05) is 12.3 Å². The highest BCUT2D eigenvalue weighted by atomic mass is 32.2. The van der Waals surface area contributed by atoms with Crippen LogP contribution >= 0.6 is 0 Å². The fourth-order valence-electron chi connectivity index (χ4n) is 2.70. The van der Waals surface area contributed by atoms with E-state index in [1.54, 1.807) is 0 Å². The molecular weight excluding hydrogens is 294 g/mol. The molecular formula is C13H19N3O4S. The van der Waals surface area contributed by atoms with Gasteiger partial charge in [-0.1, -0.05) is 25.8 Å². The van der Waals surface area contributed by atoms with Crippen molar-refractivity contribution in [3.05, 3.63) is 28.3 Å². The SMILES string of the molecule is CC1(CNS(=O)(=O)c2cccc(N)c2[N+](=O)[O-])CCCC1. The molecule has 116 valence electrons. The molecule has 0 atom stereocenters. The van der Waals surface area contributed by atoms with E-state index < -0.39 is 20.6 Å². The summed E-state index contributed by atoms with van der Waals surface area (Å²) in [6.45, 7) is 2.30. The quantitative estimate of drug-likeness (QED) is 0.490. The van der Waals surface area contributed by atoms with Crippen molar-refractivity contribution in [3.8, 4) is 0 Å². The van der Waals surface area contributed by atoms with Crippen LogP contribution < -0.4 is 10.5 Å². The van der Waals surface area contributed by atoms with E-state index in [4.69, 9.17) is 5.73 Å². The number of rotatable bonds is 5. The van der Waals surface area contributed by atoms with Crippen LogP contribution in [0.15, 0.2) is 23.1 Å². The fourth-order valence-corrected chi connectivity index (χ4v) is 4.10. The number of nitrogens with one attached hydrogen (secondary N) is 1. The van der Waals surface area contributed by atoms with Crippen LogP contribution in [-0.4, -0.2) is 19.9 Å². The number of nitrogen functional groups attached to an aromatic ring is 1. The Morgan fingerprint density at radius 1 is 1.38 bits per heavy atom. The number of hydrogen-bond acceptors (Lipinski definition) is 5. The Morgan fingerprint density at radius 3 is 2.57 bits per heavy atom. The summed E-state index contributed by atoms with van der Waals surface area (Å²) in [5.41, 5.74) is 4.72. The molecule has 0 amide bonds. The van der Waals surface area contributed by atoms with Gasteiger partial charge in [0.1, 0.15) is 5.69 Å². The van der Waals surface area contributed by atoms with E-state index in [0.717, 1.165) is 25.7 Å². The summed E-state index contributed by atoms with van der Waals surface area (Å²) < 4.78 is 27.2. The van der Waals surface area contributed by atoms with Crippen LogP contribution in [0.4, 0.5) is 11.4 Å². The number of benzene rings is 1. The number of anilines is 1. The van der Waals surface area contributed by atoms with Crippen LogP contribution in [0, 0.1) is 15.5 Å². The Hall–Kier alpha value is -1.67. The van der Waals surface area contributed by atoms with Crippen molar-refractivity contribution in [2.24, 2.45) is 5.41 Å². The first-order valence-corrected chi connectivity index (χ1v) is 8.26. The van der Waals surface area contributed by atoms with Gasteiger partial charge >= 0.3 is 5.69 Å². The van der Waals surface area contributed by atoms with Gasteiger partial charge in [0.2, 0.25) is 10.0 Å². The van der Waals surface area contributed by atoms with Gasteiger partial charge in [-0.3, -0.25) is 10.1 Å². The van der Waals surface area contributed by atoms with E-state index in [1.807, 2.05) is 6.92 Å². The maximum Gasteiger partial charge on any atom is 0.312 e. The van der Waals surface area contributed by atoms with E-state index >= 15 is 0 Å². The molecule has 1 aromatic carbocycles. The first kappa shape index (κ1) is 15.7. The maximum atomic E-state index is 12.3. The molecule has 1 fully saturated rings. The van der Waals surface area contributed by atoms with Gasteiger partial charge in [0, 0.05) is 6.54 Å². The molecule has 7 nitrogen and oxygen atoms in total. The monoisotopic (exact) mass is 313 g/mol. The molecule has 3 N–H and O–H groups in total. The molecule has 0 saturated heterocycles. The maximum absolute atomic E-state index is 12.3. The molecule has 1 aliphatic rings. The Kier molecular flexibility index (Phi) is 4.20. The van der Waals surface area contributed by atoms with Gasteiger partial charge in [-0.05, 0) is 30.4 Å². The Morgan fingerprint density at radius 2 is 2.00 bits per heavy atom. The molecule has 0 aliphatic heterocycles. The summed E-state index contributed by atoms with van der Waals surface area (Å²) >= 11 is 0. The number of nitro groups is 1. The lowest BCUT2D eigenvalue weighted by Gasteiger charge is -2.23. The van der Waals surface area contributed by atoms with Crippen molar-refractivity contribution in [2.45, 2.75) is 37.5 Å². The van der Waals surface area contributed by atoms with Crippen LogP contribution in [0.2, 0.25) is 0 Å². The molecule has 2 rings (SSSR count). The van der Waals surface area contributed by atoms with Gasteiger partial charge in [-0.25, -0.2) is 13.1 Å². The predicted molar refractivity (Wildman–Crippen MR) is 79.3 cm³/mol. The zero-order chi connectivity index (χ0) is 15.7. The minimum Gasteiger partial charge on any atom is -0.393 e. The molecule has 0 aromatic heterocycles. The van der Waals surface area contributed by atoms with Crippen molar-refractivity contribution in [1.82, 2.24) is 4.72 Å². The van der Waals surface area contributed by atoms with Crippen LogP contribution in [-0.2, 0) is 10.0 Å². The molecule has 1 aromatic rings. The third-order valence-corrected chi connectivity index (χ3v) is 5.43. The molecule has 0 heterocycles. The van der Waals surface area contributed by atoms with Crippen molar-refractivity contribution in [3.63, 3.8) is 0 Å².